The van der Waals surface area contributed by atoms with Crippen LogP contribution in [0.3, 0.4) is 0 Å². The summed E-state index contributed by atoms with van der Waals surface area (Å²) in [5.41, 5.74) is 4.47. The number of hydrogen-bond donors (Lipinski definition) is 1. The van der Waals surface area contributed by atoms with Crippen molar-refractivity contribution in [2.75, 3.05) is 6.61 Å². The van der Waals surface area contributed by atoms with Gasteiger partial charge in [0.25, 0.3) is 0 Å². The molecule has 0 aliphatic rings. The van der Waals surface area contributed by atoms with Crippen molar-refractivity contribution in [3.05, 3.63) is 30.1 Å². The lowest BCUT2D eigenvalue weighted by Gasteiger charge is -2.15. The zero-order valence-electron chi connectivity index (χ0n) is 7.83. The Balaban J connectivity index is 2.59. The van der Waals surface area contributed by atoms with Crippen molar-refractivity contribution in [1.82, 2.24) is 0 Å². The quantitative estimate of drug-likeness (QED) is 0.792. The molecule has 0 bridgehead atoms. The van der Waals surface area contributed by atoms with E-state index in [9.17, 15) is 4.39 Å². The van der Waals surface area contributed by atoms with Crippen LogP contribution in [0.15, 0.2) is 24.3 Å². The third-order valence-electron chi connectivity index (χ3n) is 1.59. The number of hydrogen-bond acceptors (Lipinski definition) is 3. The summed E-state index contributed by atoms with van der Waals surface area (Å²) in [6.45, 7) is 1.58. The number of nitrogens with zero attached hydrogens (tertiary/aromatic N) is 1. The van der Waals surface area contributed by atoms with Crippen molar-refractivity contribution in [1.29, 1.82) is 5.26 Å². The first-order chi connectivity index (χ1) is 6.53. The standard InChI is InChI=1S/C10H11FN2O/c1-10(13,6-12)7-14-9-4-2-3-8(11)5-9/h2-5H,7,13H2,1H3. The third-order valence-corrected chi connectivity index (χ3v) is 1.59. The maximum absolute atomic E-state index is 12.7. The Labute approximate surface area is 81.9 Å². The molecule has 1 rings (SSSR count). The SMILES string of the molecule is CC(N)(C#N)COc1cccc(F)c1. The van der Waals surface area contributed by atoms with Gasteiger partial charge in [0.15, 0.2) is 0 Å². The van der Waals surface area contributed by atoms with Gasteiger partial charge in [0.2, 0.25) is 0 Å². The maximum Gasteiger partial charge on any atom is 0.135 e. The number of ether oxygens (including phenoxy) is 1. The summed E-state index contributed by atoms with van der Waals surface area (Å²) in [5.74, 6) is -0.00453. The Kier molecular flexibility index (Phi) is 3.05. The molecule has 0 fully saturated rings. The molecule has 0 amide bonds. The van der Waals surface area contributed by atoms with Gasteiger partial charge in [-0.05, 0) is 19.1 Å². The summed E-state index contributed by atoms with van der Waals surface area (Å²) >= 11 is 0. The van der Waals surface area contributed by atoms with Crippen LogP contribution in [-0.2, 0) is 0 Å². The summed E-state index contributed by atoms with van der Waals surface area (Å²) in [5, 5.41) is 8.60. The molecule has 1 atom stereocenters. The molecule has 0 saturated carbocycles. The van der Waals surface area contributed by atoms with Gasteiger partial charge >= 0.3 is 0 Å². The van der Waals surface area contributed by atoms with E-state index < -0.39 is 5.54 Å². The molecular weight excluding hydrogens is 183 g/mol. The second-order valence-corrected chi connectivity index (χ2v) is 3.28. The second kappa shape index (κ2) is 4.07. The molecule has 1 unspecified atom stereocenters. The van der Waals surface area contributed by atoms with Crippen LogP contribution in [0.1, 0.15) is 6.92 Å². The first-order valence-corrected chi connectivity index (χ1v) is 4.12. The smallest absolute Gasteiger partial charge is 0.135 e. The maximum atomic E-state index is 12.7. The highest BCUT2D eigenvalue weighted by molar-refractivity contribution is 5.22. The summed E-state index contributed by atoms with van der Waals surface area (Å²) in [6.07, 6.45) is 0. The largest absolute Gasteiger partial charge is 0.490 e. The van der Waals surface area contributed by atoms with Crippen LogP contribution in [0.25, 0.3) is 0 Å². The van der Waals surface area contributed by atoms with Crippen LogP contribution in [0.4, 0.5) is 4.39 Å². The van der Waals surface area contributed by atoms with E-state index in [0.29, 0.717) is 5.75 Å². The molecule has 74 valence electrons. The Morgan fingerprint density at radius 3 is 2.93 bits per heavy atom. The highest BCUT2D eigenvalue weighted by Crippen LogP contribution is 2.13. The molecule has 0 aliphatic heterocycles. The van der Waals surface area contributed by atoms with Gasteiger partial charge in [-0.1, -0.05) is 6.07 Å². The van der Waals surface area contributed by atoms with E-state index in [1.807, 2.05) is 6.07 Å². The zero-order chi connectivity index (χ0) is 10.6. The fourth-order valence-corrected chi connectivity index (χ4v) is 0.822. The van der Waals surface area contributed by atoms with Gasteiger partial charge in [-0.15, -0.1) is 0 Å². The van der Waals surface area contributed by atoms with E-state index in [0.717, 1.165) is 0 Å². The van der Waals surface area contributed by atoms with E-state index in [1.165, 1.54) is 18.2 Å². The predicted octanol–water partition coefficient (Wildman–Crippen LogP) is 1.45. The van der Waals surface area contributed by atoms with Gasteiger partial charge < -0.3 is 10.5 Å². The Hall–Kier alpha value is -1.60. The topological polar surface area (TPSA) is 59.0 Å². The minimum absolute atomic E-state index is 0.0347. The Morgan fingerprint density at radius 2 is 2.36 bits per heavy atom. The van der Waals surface area contributed by atoms with Crippen molar-refractivity contribution < 1.29 is 9.13 Å². The monoisotopic (exact) mass is 194 g/mol. The van der Waals surface area contributed by atoms with Gasteiger partial charge in [0.1, 0.15) is 23.7 Å². The van der Waals surface area contributed by atoms with E-state index in [-0.39, 0.29) is 12.4 Å². The van der Waals surface area contributed by atoms with Crippen LogP contribution in [0.2, 0.25) is 0 Å². The molecule has 0 spiro atoms. The lowest BCUT2D eigenvalue weighted by atomic mass is 10.1. The van der Waals surface area contributed by atoms with Gasteiger partial charge in [-0.2, -0.15) is 5.26 Å². The van der Waals surface area contributed by atoms with Crippen molar-refractivity contribution in [3.63, 3.8) is 0 Å². The molecule has 4 heteroatoms. The van der Waals surface area contributed by atoms with E-state index in [4.69, 9.17) is 15.7 Å². The van der Waals surface area contributed by atoms with Crippen LogP contribution in [-0.4, -0.2) is 12.1 Å². The van der Waals surface area contributed by atoms with Crippen LogP contribution < -0.4 is 10.5 Å². The summed E-state index contributed by atoms with van der Waals surface area (Å²) in [7, 11) is 0. The molecule has 0 saturated heterocycles. The fraction of sp³-hybridized carbons (Fsp3) is 0.300. The second-order valence-electron chi connectivity index (χ2n) is 3.28. The predicted molar refractivity (Wildman–Crippen MR) is 50.1 cm³/mol. The van der Waals surface area contributed by atoms with Crippen LogP contribution in [0.5, 0.6) is 5.75 Å². The fourth-order valence-electron chi connectivity index (χ4n) is 0.822. The molecular formula is C10H11FN2O. The number of benzene rings is 1. The zero-order valence-corrected chi connectivity index (χ0v) is 7.83. The van der Waals surface area contributed by atoms with Gasteiger partial charge in [-0.3, -0.25) is 0 Å². The van der Waals surface area contributed by atoms with Crippen molar-refractivity contribution in [2.24, 2.45) is 5.73 Å². The number of nitrogens with two attached hydrogens (primary N) is 1. The highest BCUT2D eigenvalue weighted by Gasteiger charge is 2.18. The lowest BCUT2D eigenvalue weighted by molar-refractivity contribution is 0.263. The average molecular weight is 194 g/mol. The highest BCUT2D eigenvalue weighted by atomic mass is 19.1. The normalized spacial score (nSPS) is 14.1. The van der Waals surface area contributed by atoms with E-state index >= 15 is 0 Å². The minimum Gasteiger partial charge on any atom is -0.490 e. The molecule has 1 aromatic carbocycles. The van der Waals surface area contributed by atoms with E-state index in [2.05, 4.69) is 0 Å². The van der Waals surface area contributed by atoms with Crippen molar-refractivity contribution in [2.45, 2.75) is 12.5 Å². The number of rotatable bonds is 3. The number of halogens is 1. The Morgan fingerprint density at radius 1 is 1.64 bits per heavy atom. The lowest BCUT2D eigenvalue weighted by Crippen LogP contribution is -2.40. The molecule has 0 aromatic heterocycles. The molecule has 0 heterocycles. The molecule has 1 aromatic rings. The van der Waals surface area contributed by atoms with Crippen LogP contribution >= 0.6 is 0 Å². The van der Waals surface area contributed by atoms with E-state index in [1.54, 1.807) is 13.0 Å². The average Bonchev–Trinajstić information content (AvgIpc) is 2.15. The number of nitriles is 1. The Bertz CT molecular complexity index is 357. The molecule has 0 aliphatic carbocycles. The summed E-state index contributed by atoms with van der Waals surface area (Å²) in [4.78, 5) is 0. The van der Waals surface area contributed by atoms with Crippen molar-refractivity contribution >= 4 is 0 Å². The minimum atomic E-state index is -1.05. The molecule has 14 heavy (non-hydrogen) atoms. The van der Waals surface area contributed by atoms with Gasteiger partial charge in [-0.25, -0.2) is 4.39 Å². The van der Waals surface area contributed by atoms with Crippen LogP contribution in [0, 0.1) is 17.1 Å². The summed E-state index contributed by atoms with van der Waals surface area (Å²) < 4.78 is 17.8. The molecule has 0 radical (unpaired) electrons. The molecule has 3 nitrogen and oxygen atoms in total. The first kappa shape index (κ1) is 10.5. The first-order valence-electron chi connectivity index (χ1n) is 4.12. The molecule has 2 N–H and O–H groups in total. The summed E-state index contributed by atoms with van der Waals surface area (Å²) in [6, 6.07) is 7.59. The third kappa shape index (κ3) is 3.04. The van der Waals surface area contributed by atoms with Gasteiger partial charge in [0, 0.05) is 6.07 Å². The van der Waals surface area contributed by atoms with Crippen molar-refractivity contribution in [3.8, 4) is 11.8 Å². The van der Waals surface area contributed by atoms with Gasteiger partial charge in [0.05, 0.1) is 6.07 Å².